The summed E-state index contributed by atoms with van der Waals surface area (Å²) in [6.07, 6.45) is 8.65. The first-order valence-corrected chi connectivity index (χ1v) is 12.1. The molecule has 3 aliphatic heterocycles. The fourth-order valence-electron chi connectivity index (χ4n) is 4.82. The van der Waals surface area contributed by atoms with Gasteiger partial charge in [-0.05, 0) is 67.0 Å². The molecule has 1 amide bonds. The molecule has 2 N–H and O–H groups in total. The second-order valence-electron chi connectivity index (χ2n) is 9.31. The number of amides is 1. The van der Waals surface area contributed by atoms with Gasteiger partial charge in [0.1, 0.15) is 6.17 Å². The highest BCUT2D eigenvalue weighted by molar-refractivity contribution is 5.95. The molecule has 1 saturated heterocycles. The zero-order chi connectivity index (χ0) is 23.7. The number of hydrogen-bond acceptors (Lipinski definition) is 5. The van der Waals surface area contributed by atoms with Crippen LogP contribution in [0.15, 0.2) is 73.1 Å². The van der Waals surface area contributed by atoms with E-state index in [2.05, 4.69) is 95.2 Å². The van der Waals surface area contributed by atoms with Gasteiger partial charge < -0.3 is 20.4 Å². The van der Waals surface area contributed by atoms with E-state index >= 15 is 0 Å². The third-order valence-corrected chi connectivity index (χ3v) is 6.99. The SMILES string of the molecule is CNc1ccc(C2=CNC3C=C(c4ccc(C(=O)N5CCN(C(C)C)CC5)cc4)C=CN23)cc1. The molecule has 1 unspecified atom stereocenters. The van der Waals surface area contributed by atoms with Crippen LogP contribution in [0, 0.1) is 0 Å². The van der Waals surface area contributed by atoms with E-state index in [4.69, 9.17) is 0 Å². The Morgan fingerprint density at radius 3 is 2.29 bits per heavy atom. The van der Waals surface area contributed by atoms with Gasteiger partial charge in [0.15, 0.2) is 0 Å². The lowest BCUT2D eigenvalue weighted by Gasteiger charge is -2.37. The van der Waals surface area contributed by atoms with E-state index in [1.54, 1.807) is 0 Å². The van der Waals surface area contributed by atoms with Crippen LogP contribution in [-0.2, 0) is 0 Å². The first-order chi connectivity index (χ1) is 16.5. The summed E-state index contributed by atoms with van der Waals surface area (Å²) in [7, 11) is 1.93. The van der Waals surface area contributed by atoms with E-state index in [1.807, 2.05) is 24.1 Å². The predicted molar refractivity (Wildman–Crippen MR) is 139 cm³/mol. The number of anilines is 1. The molecule has 34 heavy (non-hydrogen) atoms. The van der Waals surface area contributed by atoms with E-state index in [0.29, 0.717) is 6.04 Å². The van der Waals surface area contributed by atoms with Crippen LogP contribution in [0.5, 0.6) is 0 Å². The highest BCUT2D eigenvalue weighted by Gasteiger charge is 2.27. The summed E-state index contributed by atoms with van der Waals surface area (Å²) >= 11 is 0. The zero-order valence-electron chi connectivity index (χ0n) is 20.2. The molecule has 0 bridgehead atoms. The molecule has 0 spiro atoms. The number of rotatable bonds is 5. The fraction of sp³-hybridized carbons (Fsp3) is 0.321. The molecule has 1 fully saturated rings. The highest BCUT2D eigenvalue weighted by Crippen LogP contribution is 2.32. The molecule has 1 atom stereocenters. The van der Waals surface area contributed by atoms with Gasteiger partial charge >= 0.3 is 0 Å². The van der Waals surface area contributed by atoms with Crippen LogP contribution in [-0.4, -0.2) is 66.0 Å². The average Bonchev–Trinajstić information content (AvgIpc) is 3.32. The van der Waals surface area contributed by atoms with Crippen molar-refractivity contribution in [3.8, 4) is 0 Å². The normalized spacial score (nSPS) is 20.1. The number of nitrogens with one attached hydrogen (secondary N) is 2. The van der Waals surface area contributed by atoms with Crippen molar-refractivity contribution in [2.75, 3.05) is 38.5 Å². The molecule has 0 aromatic heterocycles. The van der Waals surface area contributed by atoms with Crippen LogP contribution in [0.4, 0.5) is 5.69 Å². The third-order valence-electron chi connectivity index (χ3n) is 6.99. The van der Waals surface area contributed by atoms with Crippen molar-refractivity contribution < 1.29 is 4.79 Å². The number of fused-ring (bicyclic) bond motifs is 1. The van der Waals surface area contributed by atoms with Crippen molar-refractivity contribution in [2.45, 2.75) is 26.1 Å². The number of nitrogens with zero attached hydrogens (tertiary/aromatic N) is 3. The van der Waals surface area contributed by atoms with Crippen LogP contribution >= 0.6 is 0 Å². The van der Waals surface area contributed by atoms with Crippen LogP contribution in [0.3, 0.4) is 0 Å². The maximum atomic E-state index is 13.0. The topological polar surface area (TPSA) is 50.9 Å². The van der Waals surface area contributed by atoms with Crippen molar-refractivity contribution in [1.29, 1.82) is 0 Å². The Balaban J connectivity index is 1.24. The van der Waals surface area contributed by atoms with Gasteiger partial charge in [0.05, 0.1) is 5.70 Å². The molecule has 2 aromatic carbocycles. The maximum Gasteiger partial charge on any atom is 0.253 e. The molecule has 0 saturated carbocycles. The van der Waals surface area contributed by atoms with E-state index in [1.165, 1.54) is 5.56 Å². The standard InChI is InChI=1S/C28H33N5O/c1-20(2)31-14-16-32(17-15-31)28(34)23-6-4-21(5-7-23)24-12-13-33-26(19-30-27(33)18-24)22-8-10-25(29-3)11-9-22/h4-13,18-20,27,29-30H,14-17H2,1-3H3. The van der Waals surface area contributed by atoms with Gasteiger partial charge in [-0.2, -0.15) is 0 Å². The van der Waals surface area contributed by atoms with Crippen molar-refractivity contribution in [1.82, 2.24) is 20.0 Å². The van der Waals surface area contributed by atoms with E-state index in [9.17, 15) is 4.79 Å². The second kappa shape index (κ2) is 9.39. The molecule has 6 heteroatoms. The molecular weight excluding hydrogens is 422 g/mol. The summed E-state index contributed by atoms with van der Waals surface area (Å²) in [6.45, 7) is 7.90. The Morgan fingerprint density at radius 2 is 1.65 bits per heavy atom. The van der Waals surface area contributed by atoms with Crippen LogP contribution < -0.4 is 10.6 Å². The molecule has 5 rings (SSSR count). The van der Waals surface area contributed by atoms with E-state index in [-0.39, 0.29) is 12.1 Å². The van der Waals surface area contributed by atoms with Gasteiger partial charge in [0.2, 0.25) is 0 Å². The molecule has 3 heterocycles. The Kier molecular flexibility index (Phi) is 6.16. The number of hydrogen-bond donors (Lipinski definition) is 2. The molecule has 2 aromatic rings. The molecule has 0 aliphatic carbocycles. The van der Waals surface area contributed by atoms with Crippen LogP contribution in [0.2, 0.25) is 0 Å². The largest absolute Gasteiger partial charge is 0.388 e. The lowest BCUT2D eigenvalue weighted by atomic mass is 10.0. The van der Waals surface area contributed by atoms with Crippen molar-refractivity contribution >= 4 is 22.9 Å². The summed E-state index contributed by atoms with van der Waals surface area (Å²) in [6, 6.07) is 17.0. The lowest BCUT2D eigenvalue weighted by Crippen LogP contribution is -2.50. The van der Waals surface area contributed by atoms with Crippen LogP contribution in [0.25, 0.3) is 11.3 Å². The summed E-state index contributed by atoms with van der Waals surface area (Å²) < 4.78 is 0. The van der Waals surface area contributed by atoms with Crippen molar-refractivity contribution in [2.24, 2.45) is 0 Å². The zero-order valence-corrected chi connectivity index (χ0v) is 20.2. The average molecular weight is 456 g/mol. The summed E-state index contributed by atoms with van der Waals surface area (Å²) in [5.74, 6) is 0.130. The number of carbonyl (C=O) groups excluding carboxylic acids is 1. The van der Waals surface area contributed by atoms with Gasteiger partial charge in [-0.25, -0.2) is 0 Å². The molecule has 6 nitrogen and oxygen atoms in total. The van der Waals surface area contributed by atoms with Crippen molar-refractivity contribution in [3.63, 3.8) is 0 Å². The molecule has 3 aliphatic rings. The van der Waals surface area contributed by atoms with E-state index in [0.717, 1.165) is 54.3 Å². The predicted octanol–water partition coefficient (Wildman–Crippen LogP) is 4.04. The number of benzene rings is 2. The number of carbonyl (C=O) groups is 1. The Bertz CT molecular complexity index is 1120. The smallest absolute Gasteiger partial charge is 0.253 e. The number of allylic oxidation sites excluding steroid dienone is 2. The van der Waals surface area contributed by atoms with Gasteiger partial charge in [-0.1, -0.05) is 24.3 Å². The van der Waals surface area contributed by atoms with E-state index < -0.39 is 0 Å². The first kappa shape index (κ1) is 22.3. The monoisotopic (exact) mass is 455 g/mol. The van der Waals surface area contributed by atoms with Gasteiger partial charge in [-0.3, -0.25) is 9.69 Å². The maximum absolute atomic E-state index is 13.0. The summed E-state index contributed by atoms with van der Waals surface area (Å²) in [4.78, 5) is 19.6. The Labute approximate surface area is 202 Å². The second-order valence-corrected chi connectivity index (χ2v) is 9.31. The molecular formula is C28H33N5O. The third kappa shape index (κ3) is 4.33. The number of piperazine rings is 1. The Hall–Kier alpha value is -3.51. The van der Waals surface area contributed by atoms with Gasteiger partial charge in [-0.15, -0.1) is 0 Å². The minimum Gasteiger partial charge on any atom is -0.388 e. The highest BCUT2D eigenvalue weighted by atomic mass is 16.2. The quantitative estimate of drug-likeness (QED) is 0.713. The Morgan fingerprint density at radius 1 is 0.971 bits per heavy atom. The van der Waals surface area contributed by atoms with Gasteiger partial charge in [0.25, 0.3) is 5.91 Å². The fourth-order valence-corrected chi connectivity index (χ4v) is 4.82. The summed E-state index contributed by atoms with van der Waals surface area (Å²) in [5.41, 5.74) is 6.45. The lowest BCUT2D eigenvalue weighted by molar-refractivity contribution is 0.0595. The minimum absolute atomic E-state index is 0.0811. The summed E-state index contributed by atoms with van der Waals surface area (Å²) in [5, 5.41) is 6.64. The van der Waals surface area contributed by atoms with Crippen LogP contribution in [0.1, 0.15) is 35.3 Å². The van der Waals surface area contributed by atoms with Crippen molar-refractivity contribution in [3.05, 3.63) is 89.8 Å². The minimum atomic E-state index is 0.0811. The first-order valence-electron chi connectivity index (χ1n) is 12.1. The van der Waals surface area contributed by atoms with Gasteiger partial charge in [0, 0.05) is 62.9 Å². The molecule has 176 valence electrons. The molecule has 0 radical (unpaired) electrons.